The lowest BCUT2D eigenvalue weighted by atomic mass is 9.97. The zero-order valence-electron chi connectivity index (χ0n) is 15.3. The van der Waals surface area contributed by atoms with Gasteiger partial charge in [-0.05, 0) is 61.6 Å². The van der Waals surface area contributed by atoms with Crippen molar-refractivity contribution in [3.05, 3.63) is 59.2 Å². The molecule has 27 heavy (non-hydrogen) atoms. The van der Waals surface area contributed by atoms with Gasteiger partial charge in [0.15, 0.2) is 0 Å². The Bertz CT molecular complexity index is 981. The second-order valence-electron chi connectivity index (χ2n) is 6.53. The van der Waals surface area contributed by atoms with E-state index in [1.54, 1.807) is 18.2 Å². The van der Waals surface area contributed by atoms with Gasteiger partial charge < -0.3 is 16.4 Å². The highest BCUT2D eigenvalue weighted by molar-refractivity contribution is 7.13. The van der Waals surface area contributed by atoms with E-state index < -0.39 is 5.91 Å². The van der Waals surface area contributed by atoms with E-state index in [4.69, 9.17) is 5.73 Å². The zero-order chi connectivity index (χ0) is 19.4. The van der Waals surface area contributed by atoms with Crippen LogP contribution in [0.2, 0.25) is 0 Å². The quantitative estimate of drug-likeness (QED) is 0.585. The summed E-state index contributed by atoms with van der Waals surface area (Å²) in [4.78, 5) is 24.4. The summed E-state index contributed by atoms with van der Waals surface area (Å²) in [6.45, 7) is 4.31. The molecule has 0 aliphatic rings. The number of fused-ring (bicyclic) bond motifs is 1. The lowest BCUT2D eigenvalue weighted by Crippen LogP contribution is -2.31. The van der Waals surface area contributed by atoms with Crippen LogP contribution in [0.3, 0.4) is 0 Å². The number of hydrogen-bond donors (Lipinski definition) is 3. The normalized spacial score (nSPS) is 10.9. The number of amides is 2. The van der Waals surface area contributed by atoms with Crippen molar-refractivity contribution >= 4 is 39.3 Å². The molecule has 2 aromatic carbocycles. The Labute approximate surface area is 161 Å². The first-order valence-corrected chi connectivity index (χ1v) is 9.55. The number of anilines is 1. The maximum atomic E-state index is 12.5. The highest BCUT2D eigenvalue weighted by Gasteiger charge is 2.18. The van der Waals surface area contributed by atoms with Crippen molar-refractivity contribution in [3.63, 3.8) is 0 Å². The Balaban J connectivity index is 1.82. The van der Waals surface area contributed by atoms with Gasteiger partial charge in [-0.1, -0.05) is 18.2 Å². The summed E-state index contributed by atoms with van der Waals surface area (Å²) in [7, 11) is 0. The summed E-state index contributed by atoms with van der Waals surface area (Å²) < 4.78 is 5.55. The molecule has 0 unspecified atom stereocenters. The van der Waals surface area contributed by atoms with Gasteiger partial charge >= 0.3 is 0 Å². The van der Waals surface area contributed by atoms with E-state index in [0.29, 0.717) is 29.7 Å². The molecule has 7 heteroatoms. The van der Waals surface area contributed by atoms with Gasteiger partial charge in [-0.3, -0.25) is 9.59 Å². The largest absolute Gasteiger partial charge is 0.368 e. The van der Waals surface area contributed by atoms with Crippen LogP contribution in [0.1, 0.15) is 40.1 Å². The SMILES string of the molecule is CC(C)NC(=O)c1cccc(C(N)=O)c1CCNc1nsc2ccccc12. The van der Waals surface area contributed by atoms with Crippen molar-refractivity contribution < 1.29 is 9.59 Å². The summed E-state index contributed by atoms with van der Waals surface area (Å²) in [5.41, 5.74) is 7.02. The summed E-state index contributed by atoms with van der Waals surface area (Å²) in [5, 5.41) is 7.24. The number of aromatic nitrogens is 1. The lowest BCUT2D eigenvalue weighted by molar-refractivity contribution is 0.0942. The Morgan fingerprint density at radius 3 is 2.59 bits per heavy atom. The van der Waals surface area contributed by atoms with Crippen molar-refractivity contribution in [3.8, 4) is 0 Å². The molecular formula is C20H22N4O2S. The van der Waals surface area contributed by atoms with Crippen LogP contribution in [0, 0.1) is 0 Å². The monoisotopic (exact) mass is 382 g/mol. The Hall–Kier alpha value is -2.93. The van der Waals surface area contributed by atoms with Crippen molar-refractivity contribution in [1.82, 2.24) is 9.69 Å². The minimum atomic E-state index is -0.539. The molecule has 0 aliphatic carbocycles. The first kappa shape index (κ1) is 18.8. The minimum absolute atomic E-state index is 0.00193. The van der Waals surface area contributed by atoms with Crippen LogP contribution in [0.25, 0.3) is 10.1 Å². The van der Waals surface area contributed by atoms with Gasteiger partial charge in [0.05, 0.1) is 4.70 Å². The van der Waals surface area contributed by atoms with Crippen molar-refractivity contribution in [1.29, 1.82) is 0 Å². The fourth-order valence-electron chi connectivity index (χ4n) is 2.96. The van der Waals surface area contributed by atoms with Gasteiger partial charge in [-0.2, -0.15) is 4.37 Å². The molecule has 2 amide bonds. The number of primary amides is 1. The van der Waals surface area contributed by atoms with E-state index in [1.807, 2.05) is 38.1 Å². The van der Waals surface area contributed by atoms with Gasteiger partial charge in [0.25, 0.3) is 5.91 Å². The average Bonchev–Trinajstić information content (AvgIpc) is 3.04. The zero-order valence-corrected chi connectivity index (χ0v) is 16.1. The molecule has 6 nitrogen and oxygen atoms in total. The van der Waals surface area contributed by atoms with E-state index in [1.165, 1.54) is 11.5 Å². The molecule has 3 aromatic rings. The minimum Gasteiger partial charge on any atom is -0.368 e. The lowest BCUT2D eigenvalue weighted by Gasteiger charge is -2.15. The molecule has 0 saturated heterocycles. The predicted molar refractivity (Wildman–Crippen MR) is 109 cm³/mol. The fraction of sp³-hybridized carbons (Fsp3) is 0.250. The van der Waals surface area contributed by atoms with E-state index in [2.05, 4.69) is 15.0 Å². The third kappa shape index (κ3) is 4.25. The highest BCUT2D eigenvalue weighted by Crippen LogP contribution is 2.26. The van der Waals surface area contributed by atoms with Gasteiger partial charge in [0.2, 0.25) is 5.91 Å². The molecule has 1 heterocycles. The maximum Gasteiger partial charge on any atom is 0.251 e. The van der Waals surface area contributed by atoms with Gasteiger partial charge in [-0.15, -0.1) is 0 Å². The van der Waals surface area contributed by atoms with Crippen molar-refractivity contribution in [2.75, 3.05) is 11.9 Å². The summed E-state index contributed by atoms with van der Waals surface area (Å²) in [6.07, 6.45) is 0.478. The second kappa shape index (κ2) is 8.18. The number of benzene rings is 2. The Morgan fingerprint density at radius 2 is 1.85 bits per heavy atom. The summed E-state index contributed by atoms with van der Waals surface area (Å²) in [5.74, 6) is 0.0610. The molecule has 4 N–H and O–H groups in total. The summed E-state index contributed by atoms with van der Waals surface area (Å²) in [6, 6.07) is 13.0. The van der Waals surface area contributed by atoms with Gasteiger partial charge in [0, 0.05) is 29.1 Å². The molecule has 140 valence electrons. The van der Waals surface area contributed by atoms with Crippen LogP contribution in [-0.4, -0.2) is 28.8 Å². The summed E-state index contributed by atoms with van der Waals surface area (Å²) >= 11 is 1.43. The number of nitrogens with zero attached hydrogens (tertiary/aromatic N) is 1. The average molecular weight is 382 g/mol. The molecule has 0 aliphatic heterocycles. The fourth-order valence-corrected chi connectivity index (χ4v) is 3.71. The van der Waals surface area contributed by atoms with Crippen LogP contribution >= 0.6 is 11.5 Å². The standard InChI is InChI=1S/C20H22N4O2S/c1-12(2)23-20(26)15-8-5-7-14(18(21)25)13(15)10-11-22-19-16-6-3-4-9-17(16)27-24-19/h3-9,12H,10-11H2,1-2H3,(H2,21,25)(H,22,24)(H,23,26). The maximum absolute atomic E-state index is 12.5. The number of nitrogens with two attached hydrogens (primary N) is 1. The number of carbonyl (C=O) groups excluding carboxylic acids is 2. The molecule has 0 fully saturated rings. The molecule has 0 atom stereocenters. The number of hydrogen-bond acceptors (Lipinski definition) is 5. The first-order valence-electron chi connectivity index (χ1n) is 8.78. The van der Waals surface area contributed by atoms with Crippen LogP contribution in [0.5, 0.6) is 0 Å². The molecule has 3 rings (SSSR count). The van der Waals surface area contributed by atoms with E-state index >= 15 is 0 Å². The van der Waals surface area contributed by atoms with E-state index in [0.717, 1.165) is 15.9 Å². The first-order chi connectivity index (χ1) is 13.0. The van der Waals surface area contributed by atoms with Crippen LogP contribution in [-0.2, 0) is 6.42 Å². The number of rotatable bonds is 7. The third-order valence-corrected chi connectivity index (χ3v) is 4.98. The molecule has 0 radical (unpaired) electrons. The van der Waals surface area contributed by atoms with E-state index in [-0.39, 0.29) is 11.9 Å². The molecule has 0 spiro atoms. The van der Waals surface area contributed by atoms with Gasteiger partial charge in [-0.25, -0.2) is 0 Å². The third-order valence-electron chi connectivity index (χ3n) is 4.15. The molecule has 0 saturated carbocycles. The Kier molecular flexibility index (Phi) is 5.71. The van der Waals surface area contributed by atoms with Crippen LogP contribution < -0.4 is 16.4 Å². The van der Waals surface area contributed by atoms with Gasteiger partial charge in [0.1, 0.15) is 5.82 Å². The number of nitrogens with one attached hydrogen (secondary N) is 2. The Morgan fingerprint density at radius 1 is 1.11 bits per heavy atom. The second-order valence-corrected chi connectivity index (χ2v) is 7.33. The van der Waals surface area contributed by atoms with Crippen LogP contribution in [0.15, 0.2) is 42.5 Å². The number of carbonyl (C=O) groups is 2. The van der Waals surface area contributed by atoms with Crippen molar-refractivity contribution in [2.45, 2.75) is 26.3 Å². The predicted octanol–water partition coefficient (Wildman–Crippen LogP) is 3.19. The highest BCUT2D eigenvalue weighted by atomic mass is 32.1. The van der Waals surface area contributed by atoms with Crippen molar-refractivity contribution in [2.24, 2.45) is 5.73 Å². The van der Waals surface area contributed by atoms with E-state index in [9.17, 15) is 9.59 Å². The molecule has 1 aromatic heterocycles. The topological polar surface area (TPSA) is 97.1 Å². The molecular weight excluding hydrogens is 360 g/mol. The smallest absolute Gasteiger partial charge is 0.251 e. The molecule has 0 bridgehead atoms. The van der Waals surface area contributed by atoms with Crippen LogP contribution in [0.4, 0.5) is 5.82 Å².